The number of imidazole rings is 1. The maximum atomic E-state index is 13.0. The standard InChI is InChI=1S/C20H21F3N4/c1-13(14-5-2-3-6-14)25-18-9-10-19-24-12-17(27(19)26-18)15-7-4-8-16(11-15)20(21,22)23/h4,7-14H,2-3,5-6H2,1H3,(H,25,26). The van der Waals surface area contributed by atoms with Crippen LogP contribution in [0.1, 0.15) is 38.2 Å². The molecular weight excluding hydrogens is 353 g/mol. The fourth-order valence-corrected chi connectivity index (χ4v) is 3.81. The van der Waals surface area contributed by atoms with Crippen LogP contribution in [0, 0.1) is 5.92 Å². The predicted molar refractivity (Wildman–Crippen MR) is 98.5 cm³/mol. The number of alkyl halides is 3. The lowest BCUT2D eigenvalue weighted by molar-refractivity contribution is -0.137. The molecule has 1 fully saturated rings. The van der Waals surface area contributed by atoms with Gasteiger partial charge in [0.25, 0.3) is 0 Å². The number of benzene rings is 1. The minimum absolute atomic E-state index is 0.304. The van der Waals surface area contributed by atoms with Crippen LogP contribution in [0.4, 0.5) is 19.0 Å². The topological polar surface area (TPSA) is 42.2 Å². The van der Waals surface area contributed by atoms with Gasteiger partial charge >= 0.3 is 6.18 Å². The Labute approximate surface area is 155 Å². The third kappa shape index (κ3) is 3.63. The molecule has 1 aliphatic rings. The summed E-state index contributed by atoms with van der Waals surface area (Å²) >= 11 is 0. The molecule has 1 N–H and O–H groups in total. The van der Waals surface area contributed by atoms with Gasteiger partial charge in [-0.15, -0.1) is 5.10 Å². The summed E-state index contributed by atoms with van der Waals surface area (Å²) in [7, 11) is 0. The molecule has 0 saturated heterocycles. The molecule has 1 atom stereocenters. The van der Waals surface area contributed by atoms with Gasteiger partial charge in [-0.2, -0.15) is 13.2 Å². The van der Waals surface area contributed by atoms with Crippen molar-refractivity contribution in [2.75, 3.05) is 5.32 Å². The van der Waals surface area contributed by atoms with Gasteiger partial charge in [-0.3, -0.25) is 0 Å². The molecular formula is C20H21F3N4. The van der Waals surface area contributed by atoms with E-state index in [1.807, 2.05) is 12.1 Å². The van der Waals surface area contributed by atoms with Gasteiger partial charge < -0.3 is 5.32 Å². The second-order valence-electron chi connectivity index (χ2n) is 7.19. The van der Waals surface area contributed by atoms with Crippen LogP contribution in [0.3, 0.4) is 0 Å². The molecule has 3 aromatic rings. The molecule has 7 heteroatoms. The number of nitrogens with one attached hydrogen (secondary N) is 1. The van der Waals surface area contributed by atoms with Gasteiger partial charge in [-0.1, -0.05) is 25.0 Å². The number of aromatic nitrogens is 3. The van der Waals surface area contributed by atoms with Crippen molar-refractivity contribution in [3.8, 4) is 11.3 Å². The molecule has 0 aliphatic heterocycles. The number of nitrogens with zero attached hydrogens (tertiary/aromatic N) is 3. The number of hydrogen-bond donors (Lipinski definition) is 1. The molecule has 2 heterocycles. The van der Waals surface area contributed by atoms with Gasteiger partial charge in [0.1, 0.15) is 5.82 Å². The van der Waals surface area contributed by atoms with Gasteiger partial charge in [0.2, 0.25) is 0 Å². The van der Waals surface area contributed by atoms with Crippen LogP contribution in [0.5, 0.6) is 0 Å². The molecule has 142 valence electrons. The molecule has 1 unspecified atom stereocenters. The van der Waals surface area contributed by atoms with Gasteiger partial charge in [0, 0.05) is 11.6 Å². The molecule has 1 saturated carbocycles. The first kappa shape index (κ1) is 17.8. The lowest BCUT2D eigenvalue weighted by atomic mass is 10.00. The van der Waals surface area contributed by atoms with Crippen LogP contribution in [0.2, 0.25) is 0 Å². The number of hydrogen-bond acceptors (Lipinski definition) is 3. The van der Waals surface area contributed by atoms with Crippen LogP contribution < -0.4 is 5.32 Å². The van der Waals surface area contributed by atoms with Crippen molar-refractivity contribution in [3.63, 3.8) is 0 Å². The largest absolute Gasteiger partial charge is 0.416 e. The zero-order valence-electron chi connectivity index (χ0n) is 15.0. The van der Waals surface area contributed by atoms with Crippen LogP contribution in [-0.2, 0) is 6.18 Å². The van der Waals surface area contributed by atoms with Crippen LogP contribution in [-0.4, -0.2) is 20.6 Å². The third-order valence-corrected chi connectivity index (χ3v) is 5.33. The molecule has 1 aliphatic carbocycles. The highest BCUT2D eigenvalue weighted by atomic mass is 19.4. The highest BCUT2D eigenvalue weighted by Gasteiger charge is 2.30. The Hall–Kier alpha value is -2.57. The first-order valence-corrected chi connectivity index (χ1v) is 9.21. The molecule has 0 spiro atoms. The van der Waals surface area contributed by atoms with Crippen molar-refractivity contribution < 1.29 is 13.2 Å². The highest BCUT2D eigenvalue weighted by molar-refractivity contribution is 5.64. The first-order valence-electron chi connectivity index (χ1n) is 9.21. The number of fused-ring (bicyclic) bond motifs is 1. The average molecular weight is 374 g/mol. The molecule has 27 heavy (non-hydrogen) atoms. The van der Waals surface area contributed by atoms with Crippen molar-refractivity contribution in [1.82, 2.24) is 14.6 Å². The number of rotatable bonds is 4. The SMILES string of the molecule is CC(Nc1ccc2ncc(-c3cccc(C(F)(F)F)c3)n2n1)C1CCCC1. The summed E-state index contributed by atoms with van der Waals surface area (Å²) in [5.41, 5.74) is 0.889. The Morgan fingerprint density at radius 1 is 1.15 bits per heavy atom. The summed E-state index contributed by atoms with van der Waals surface area (Å²) in [6.45, 7) is 2.16. The maximum absolute atomic E-state index is 13.0. The Morgan fingerprint density at radius 3 is 2.67 bits per heavy atom. The number of halogens is 3. The van der Waals surface area contributed by atoms with E-state index in [-0.39, 0.29) is 0 Å². The van der Waals surface area contributed by atoms with E-state index in [9.17, 15) is 13.2 Å². The van der Waals surface area contributed by atoms with Crippen molar-refractivity contribution in [2.24, 2.45) is 5.92 Å². The van der Waals surface area contributed by atoms with Crippen LogP contribution >= 0.6 is 0 Å². The second kappa shape index (κ2) is 6.87. The average Bonchev–Trinajstić information content (AvgIpc) is 3.31. The van der Waals surface area contributed by atoms with E-state index in [0.29, 0.717) is 34.7 Å². The zero-order chi connectivity index (χ0) is 19.0. The summed E-state index contributed by atoms with van der Waals surface area (Å²) in [5, 5.41) is 8.02. The summed E-state index contributed by atoms with van der Waals surface area (Å²) in [6, 6.07) is 9.24. The monoisotopic (exact) mass is 374 g/mol. The number of anilines is 1. The van der Waals surface area contributed by atoms with Gasteiger partial charge in [0.15, 0.2) is 5.65 Å². The molecule has 0 radical (unpaired) electrons. The van der Waals surface area contributed by atoms with Gasteiger partial charge in [0.05, 0.1) is 17.5 Å². The summed E-state index contributed by atoms with van der Waals surface area (Å²) < 4.78 is 40.7. The van der Waals surface area contributed by atoms with E-state index in [1.54, 1.807) is 16.8 Å². The second-order valence-corrected chi connectivity index (χ2v) is 7.19. The first-order chi connectivity index (χ1) is 12.9. The Balaban J connectivity index is 1.66. The van der Waals surface area contributed by atoms with Crippen LogP contribution in [0.15, 0.2) is 42.6 Å². The molecule has 0 amide bonds. The summed E-state index contributed by atoms with van der Waals surface area (Å²) in [5.74, 6) is 1.33. The fraction of sp³-hybridized carbons (Fsp3) is 0.400. The van der Waals surface area contributed by atoms with Crippen LogP contribution in [0.25, 0.3) is 16.9 Å². The van der Waals surface area contributed by atoms with Crippen molar-refractivity contribution in [2.45, 2.75) is 44.8 Å². The summed E-state index contributed by atoms with van der Waals surface area (Å²) in [4.78, 5) is 4.28. The molecule has 4 rings (SSSR count). The Morgan fingerprint density at radius 2 is 1.93 bits per heavy atom. The lowest BCUT2D eigenvalue weighted by Gasteiger charge is -2.20. The molecule has 0 bridgehead atoms. The third-order valence-electron chi connectivity index (χ3n) is 5.33. The van der Waals surface area contributed by atoms with E-state index in [0.717, 1.165) is 12.1 Å². The van der Waals surface area contributed by atoms with E-state index in [4.69, 9.17) is 0 Å². The van der Waals surface area contributed by atoms with Crippen molar-refractivity contribution >= 4 is 11.5 Å². The Bertz CT molecular complexity index is 942. The highest BCUT2D eigenvalue weighted by Crippen LogP contribution is 2.32. The van der Waals surface area contributed by atoms with E-state index in [2.05, 4.69) is 22.3 Å². The summed E-state index contributed by atoms with van der Waals surface area (Å²) in [6.07, 6.45) is 2.15. The maximum Gasteiger partial charge on any atom is 0.416 e. The van der Waals surface area contributed by atoms with Gasteiger partial charge in [-0.25, -0.2) is 9.50 Å². The fourth-order valence-electron chi connectivity index (χ4n) is 3.81. The molecule has 4 nitrogen and oxygen atoms in total. The minimum atomic E-state index is -4.38. The van der Waals surface area contributed by atoms with E-state index >= 15 is 0 Å². The minimum Gasteiger partial charge on any atom is -0.366 e. The quantitative estimate of drug-likeness (QED) is 0.664. The molecule has 2 aromatic heterocycles. The van der Waals surface area contributed by atoms with E-state index in [1.165, 1.54) is 31.7 Å². The van der Waals surface area contributed by atoms with Crippen molar-refractivity contribution in [3.05, 3.63) is 48.2 Å². The lowest BCUT2D eigenvalue weighted by Crippen LogP contribution is -2.24. The predicted octanol–water partition coefficient (Wildman–Crippen LogP) is 5.41. The normalized spacial score (nSPS) is 16.7. The zero-order valence-corrected chi connectivity index (χ0v) is 15.0. The molecule has 1 aromatic carbocycles. The van der Waals surface area contributed by atoms with E-state index < -0.39 is 11.7 Å². The Kier molecular flexibility index (Phi) is 4.53. The van der Waals surface area contributed by atoms with Gasteiger partial charge in [-0.05, 0) is 49.9 Å². The smallest absolute Gasteiger partial charge is 0.366 e. The van der Waals surface area contributed by atoms with Crippen molar-refractivity contribution in [1.29, 1.82) is 0 Å².